The molecule has 1 atom stereocenters. The number of nitro groups is 1. The fourth-order valence-electron chi connectivity index (χ4n) is 7.34. The highest BCUT2D eigenvalue weighted by atomic mass is 35.5. The molecule has 0 radical (unpaired) electrons. The van der Waals surface area contributed by atoms with Gasteiger partial charge in [0.15, 0.2) is 0 Å². The van der Waals surface area contributed by atoms with Crippen molar-refractivity contribution in [1.29, 1.82) is 0 Å². The van der Waals surface area contributed by atoms with Crippen LogP contribution in [0.1, 0.15) is 69.5 Å². The summed E-state index contributed by atoms with van der Waals surface area (Å²) in [5.41, 5.74) is 19.5. The van der Waals surface area contributed by atoms with Gasteiger partial charge in [0.05, 0.1) is 15.7 Å². The lowest BCUT2D eigenvalue weighted by atomic mass is 10.1. The van der Waals surface area contributed by atoms with Crippen molar-refractivity contribution in [3.8, 4) is 45.3 Å². The Morgan fingerprint density at radius 1 is 0.710 bits per heavy atom. The molecule has 4 N–H and O–H groups in total. The van der Waals surface area contributed by atoms with Gasteiger partial charge >= 0.3 is 0 Å². The van der Waals surface area contributed by atoms with E-state index >= 15 is 0 Å². The quantitative estimate of drug-likeness (QED) is 0.0598. The molecule has 0 saturated carbocycles. The van der Waals surface area contributed by atoms with Gasteiger partial charge in [0.1, 0.15) is 71.3 Å². The van der Waals surface area contributed by atoms with Gasteiger partial charge in [0.2, 0.25) is 0 Å². The van der Waals surface area contributed by atoms with E-state index in [1.165, 1.54) is 30.9 Å². The van der Waals surface area contributed by atoms with E-state index in [0.29, 0.717) is 50.8 Å². The Balaban J connectivity index is 0.985. The number of aryl methyl sites for hydroxylation is 1. The summed E-state index contributed by atoms with van der Waals surface area (Å²) >= 11 is 6.59. The number of rotatable bonds is 14. The molecule has 62 heavy (non-hydrogen) atoms. The molecule has 16 heteroatoms. The van der Waals surface area contributed by atoms with E-state index in [-0.39, 0.29) is 24.4 Å². The second-order valence-corrected chi connectivity index (χ2v) is 15.9. The molecule has 0 saturated heterocycles. The zero-order valence-corrected chi connectivity index (χ0v) is 35.6. The van der Waals surface area contributed by atoms with E-state index in [1.807, 2.05) is 73.9 Å². The zero-order chi connectivity index (χ0) is 43.8. The van der Waals surface area contributed by atoms with Crippen LogP contribution in [-0.4, -0.2) is 34.0 Å². The maximum atomic E-state index is 11.8. The third-order valence-corrected chi connectivity index (χ3v) is 11.0. The smallest absolute Gasteiger partial charge is 0.270 e. The third-order valence-electron chi connectivity index (χ3n) is 10.6. The molecule has 15 nitrogen and oxygen atoms in total. The molecule has 316 valence electrons. The zero-order valence-electron chi connectivity index (χ0n) is 34.9. The SMILES string of the molecule is Cc1cc(C(C)OOCc2cc([N+](=O)[O-])ccc2Oc2ccc(-c3cn(C(C)C)c4ncnc(N)c34)cc2)c(Oc2ccc(-c3cn(C(C)C)c4ncnc(N)c34)cc2)cc1Cl. The van der Waals surface area contributed by atoms with Gasteiger partial charge in [-0.1, -0.05) is 35.9 Å². The Labute approximate surface area is 361 Å². The Morgan fingerprint density at radius 2 is 1.23 bits per heavy atom. The van der Waals surface area contributed by atoms with Crippen molar-refractivity contribution in [2.45, 2.75) is 66.3 Å². The van der Waals surface area contributed by atoms with Crippen LogP contribution < -0.4 is 20.9 Å². The van der Waals surface area contributed by atoms with E-state index in [4.69, 9.17) is 42.3 Å². The van der Waals surface area contributed by atoms with Crippen LogP contribution in [0.5, 0.6) is 23.0 Å². The standard InChI is InChI=1S/C46H44ClN9O6/c1-25(2)54-20-36(41-43(48)50-23-52-45(41)54)29-7-12-33(13-8-29)60-39-16-11-32(56(57)58)18-31(39)22-59-62-28(6)35-17-27(5)38(47)19-40(35)61-34-14-9-30(10-15-34)37-21-55(26(3)4)46-42(37)44(49)51-24-53-46/h7-21,23-26,28H,22H2,1-6H3,(H2,48,50,52)(H2,49,51,53). The van der Waals surface area contributed by atoms with Crippen molar-refractivity contribution in [1.82, 2.24) is 29.1 Å². The van der Waals surface area contributed by atoms with Gasteiger partial charge in [0.25, 0.3) is 5.69 Å². The molecule has 0 spiro atoms. The van der Waals surface area contributed by atoms with Crippen LogP contribution in [0.25, 0.3) is 44.3 Å². The van der Waals surface area contributed by atoms with Crippen LogP contribution in [0.2, 0.25) is 5.02 Å². The summed E-state index contributed by atoms with van der Waals surface area (Å²) in [6.45, 7) is 11.8. The number of hydrogen-bond acceptors (Lipinski definition) is 12. The lowest BCUT2D eigenvalue weighted by Crippen LogP contribution is -2.05. The molecule has 1 unspecified atom stereocenters. The Bertz CT molecular complexity index is 2950. The van der Waals surface area contributed by atoms with Crippen molar-refractivity contribution in [3.63, 3.8) is 0 Å². The van der Waals surface area contributed by atoms with Crippen LogP contribution in [0, 0.1) is 17.0 Å². The van der Waals surface area contributed by atoms with Crippen molar-refractivity contribution in [2.75, 3.05) is 11.5 Å². The Morgan fingerprint density at radius 3 is 1.73 bits per heavy atom. The van der Waals surface area contributed by atoms with Crippen LogP contribution in [0.4, 0.5) is 17.3 Å². The maximum Gasteiger partial charge on any atom is 0.270 e. The predicted molar refractivity (Wildman–Crippen MR) is 239 cm³/mol. The van der Waals surface area contributed by atoms with Crippen LogP contribution in [0.15, 0.2) is 104 Å². The molecular weight excluding hydrogens is 810 g/mol. The first kappa shape index (κ1) is 41.7. The molecule has 0 fully saturated rings. The lowest BCUT2D eigenvalue weighted by Gasteiger charge is -2.19. The Kier molecular flexibility index (Phi) is 11.5. The van der Waals surface area contributed by atoms with E-state index in [1.54, 1.807) is 13.0 Å². The normalized spacial score (nSPS) is 12.1. The average Bonchev–Trinajstić information content (AvgIpc) is 3.85. The minimum absolute atomic E-state index is 0.127. The van der Waals surface area contributed by atoms with Crippen LogP contribution >= 0.6 is 11.6 Å². The highest BCUT2D eigenvalue weighted by Gasteiger charge is 2.21. The number of hydrogen-bond donors (Lipinski definition) is 2. The predicted octanol–water partition coefficient (Wildman–Crippen LogP) is 11.5. The van der Waals surface area contributed by atoms with E-state index in [2.05, 4.69) is 56.8 Å². The minimum Gasteiger partial charge on any atom is -0.457 e. The van der Waals surface area contributed by atoms with Gasteiger partial charge in [-0.3, -0.25) is 10.1 Å². The number of aromatic nitrogens is 6. The number of anilines is 2. The first-order valence-electron chi connectivity index (χ1n) is 19.9. The molecular formula is C46H44ClN9O6. The molecule has 0 bridgehead atoms. The average molecular weight is 854 g/mol. The van der Waals surface area contributed by atoms with Gasteiger partial charge in [0, 0.05) is 70.0 Å². The van der Waals surface area contributed by atoms with E-state index in [0.717, 1.165) is 49.9 Å². The van der Waals surface area contributed by atoms with Crippen molar-refractivity contribution >= 4 is 51.0 Å². The molecule has 0 aliphatic carbocycles. The molecule has 0 amide bonds. The number of ether oxygens (including phenoxy) is 2. The van der Waals surface area contributed by atoms with Gasteiger partial charge in [-0.05, 0) is 94.6 Å². The first-order valence-corrected chi connectivity index (χ1v) is 20.3. The summed E-state index contributed by atoms with van der Waals surface area (Å²) in [7, 11) is 0. The largest absolute Gasteiger partial charge is 0.457 e. The second kappa shape index (κ2) is 17.1. The first-order chi connectivity index (χ1) is 29.8. The summed E-state index contributed by atoms with van der Waals surface area (Å²) in [5, 5.41) is 13.9. The van der Waals surface area contributed by atoms with Gasteiger partial charge in [-0.2, -0.15) is 0 Å². The molecule has 4 aromatic carbocycles. The highest BCUT2D eigenvalue weighted by Crippen LogP contribution is 2.40. The molecule has 4 aromatic heterocycles. The number of halogens is 1. The molecule has 8 aromatic rings. The van der Waals surface area contributed by atoms with Crippen LogP contribution in [-0.2, 0) is 16.4 Å². The van der Waals surface area contributed by atoms with Crippen molar-refractivity contribution in [2.24, 2.45) is 0 Å². The summed E-state index contributed by atoms with van der Waals surface area (Å²) < 4.78 is 16.8. The van der Waals surface area contributed by atoms with Crippen LogP contribution in [0.3, 0.4) is 0 Å². The number of non-ortho nitro benzene ring substituents is 1. The topological polar surface area (TPSA) is 194 Å². The summed E-state index contributed by atoms with van der Waals surface area (Å²) in [6.07, 6.45) is 6.34. The third kappa shape index (κ3) is 8.20. The summed E-state index contributed by atoms with van der Waals surface area (Å²) in [6, 6.07) is 23.3. The van der Waals surface area contributed by atoms with Gasteiger partial charge in [-0.25, -0.2) is 29.7 Å². The second-order valence-electron chi connectivity index (χ2n) is 15.4. The Hall–Kier alpha value is -7.07. The number of benzene rings is 4. The summed E-state index contributed by atoms with van der Waals surface area (Å²) in [4.78, 5) is 40.4. The number of nitrogens with two attached hydrogens (primary N) is 2. The molecule has 4 heterocycles. The number of fused-ring (bicyclic) bond motifs is 2. The highest BCUT2D eigenvalue weighted by molar-refractivity contribution is 6.31. The molecule has 8 rings (SSSR count). The van der Waals surface area contributed by atoms with Crippen molar-refractivity contribution < 1.29 is 24.2 Å². The van der Waals surface area contributed by atoms with Gasteiger partial charge in [-0.15, -0.1) is 0 Å². The number of nitro benzene ring substituents is 1. The van der Waals surface area contributed by atoms with Crippen molar-refractivity contribution in [3.05, 3.63) is 136 Å². The monoisotopic (exact) mass is 853 g/mol. The molecule has 0 aliphatic rings. The maximum absolute atomic E-state index is 11.8. The lowest BCUT2D eigenvalue weighted by molar-refractivity contribution is -0.385. The van der Waals surface area contributed by atoms with Gasteiger partial charge < -0.3 is 30.1 Å². The summed E-state index contributed by atoms with van der Waals surface area (Å²) in [5.74, 6) is 2.68. The number of nitrogen functional groups attached to an aromatic ring is 2. The van der Waals surface area contributed by atoms with E-state index in [9.17, 15) is 10.1 Å². The molecule has 0 aliphatic heterocycles. The number of nitrogens with zero attached hydrogens (tertiary/aromatic N) is 7. The van der Waals surface area contributed by atoms with E-state index < -0.39 is 11.0 Å². The fraction of sp³-hybridized carbons (Fsp3) is 0.217. The fourth-order valence-corrected chi connectivity index (χ4v) is 7.49. The minimum atomic E-state index is -0.651.